The third kappa shape index (κ3) is 0.857. The Bertz CT molecular complexity index is 323. The minimum atomic E-state index is 0.757. The van der Waals surface area contributed by atoms with Crippen molar-refractivity contribution in [3.8, 4) is 6.07 Å². The summed E-state index contributed by atoms with van der Waals surface area (Å²) in [6.07, 6.45) is 2.04. The maximum atomic E-state index is 8.70. The molecule has 1 aromatic carbocycles. The maximum Gasteiger partial charge on any atom is 0.0995 e. The van der Waals surface area contributed by atoms with E-state index < -0.39 is 0 Å². The Morgan fingerprint density at radius 3 is 3.18 bits per heavy atom. The van der Waals surface area contributed by atoms with Gasteiger partial charge in [0, 0.05) is 18.7 Å². The number of rotatable bonds is 0. The Morgan fingerprint density at radius 1 is 1.45 bits per heavy atom. The molecule has 11 heavy (non-hydrogen) atoms. The van der Waals surface area contributed by atoms with Crippen LogP contribution in [0.5, 0.6) is 0 Å². The normalized spacial score (nSPS) is 13.4. The van der Waals surface area contributed by atoms with E-state index in [4.69, 9.17) is 5.26 Å². The van der Waals surface area contributed by atoms with E-state index in [0.717, 1.165) is 23.4 Å². The molecule has 0 unspecified atom stereocenters. The molecule has 1 aromatic rings. The Hall–Kier alpha value is -1.49. The van der Waals surface area contributed by atoms with E-state index in [0.29, 0.717) is 0 Å². The minimum Gasteiger partial charge on any atom is -0.384 e. The molecule has 0 spiro atoms. The molecular formula is C9H7N2. The summed E-state index contributed by atoms with van der Waals surface area (Å²) in [5.41, 5.74) is 2.88. The van der Waals surface area contributed by atoms with Gasteiger partial charge in [-0.15, -0.1) is 0 Å². The molecule has 0 bridgehead atoms. The Morgan fingerprint density at radius 2 is 2.36 bits per heavy atom. The number of hydrogen-bond donors (Lipinski definition) is 1. The molecule has 0 aromatic heterocycles. The molecular weight excluding hydrogens is 136 g/mol. The molecule has 0 fully saturated rings. The zero-order valence-electron chi connectivity index (χ0n) is 5.96. The molecule has 0 saturated heterocycles. The van der Waals surface area contributed by atoms with Crippen molar-refractivity contribution in [3.63, 3.8) is 0 Å². The number of fused-ring (bicyclic) bond motifs is 1. The van der Waals surface area contributed by atoms with Crippen molar-refractivity contribution in [2.24, 2.45) is 0 Å². The molecule has 1 aliphatic rings. The van der Waals surface area contributed by atoms with E-state index in [1.165, 1.54) is 0 Å². The van der Waals surface area contributed by atoms with E-state index in [-0.39, 0.29) is 0 Å². The molecule has 2 heteroatoms. The summed E-state index contributed by atoms with van der Waals surface area (Å²) in [5, 5.41) is 11.9. The fraction of sp³-hybridized carbons (Fsp3) is 0.111. The van der Waals surface area contributed by atoms with Crippen LogP contribution in [0.25, 0.3) is 0 Å². The minimum absolute atomic E-state index is 0.757. The van der Waals surface area contributed by atoms with Crippen LogP contribution in [0.2, 0.25) is 0 Å². The summed E-state index contributed by atoms with van der Waals surface area (Å²) < 4.78 is 0. The molecule has 2 rings (SSSR count). The highest BCUT2D eigenvalue weighted by Gasteiger charge is 2.12. The van der Waals surface area contributed by atoms with Crippen LogP contribution >= 0.6 is 0 Å². The third-order valence-corrected chi connectivity index (χ3v) is 1.83. The van der Waals surface area contributed by atoms with E-state index in [9.17, 15) is 0 Å². The van der Waals surface area contributed by atoms with Crippen LogP contribution in [0.15, 0.2) is 18.2 Å². The van der Waals surface area contributed by atoms with Gasteiger partial charge in [0.05, 0.1) is 11.6 Å². The number of anilines is 1. The van der Waals surface area contributed by atoms with Crippen molar-refractivity contribution < 1.29 is 0 Å². The molecule has 1 radical (unpaired) electrons. The van der Waals surface area contributed by atoms with Crippen LogP contribution in [-0.4, -0.2) is 6.54 Å². The number of hydrogen-bond acceptors (Lipinski definition) is 2. The summed E-state index contributed by atoms with van der Waals surface area (Å²) in [7, 11) is 0. The second kappa shape index (κ2) is 2.28. The van der Waals surface area contributed by atoms with Gasteiger partial charge in [0.2, 0.25) is 0 Å². The van der Waals surface area contributed by atoms with Gasteiger partial charge in [0.25, 0.3) is 0 Å². The smallest absolute Gasteiger partial charge is 0.0995 e. The zero-order valence-corrected chi connectivity index (χ0v) is 5.96. The van der Waals surface area contributed by atoms with Crippen LogP contribution in [0.3, 0.4) is 0 Å². The van der Waals surface area contributed by atoms with Crippen LogP contribution in [0.4, 0.5) is 5.69 Å². The fourth-order valence-corrected chi connectivity index (χ4v) is 1.30. The van der Waals surface area contributed by atoms with E-state index >= 15 is 0 Å². The average molecular weight is 143 g/mol. The van der Waals surface area contributed by atoms with E-state index in [2.05, 4.69) is 11.4 Å². The summed E-state index contributed by atoms with van der Waals surface area (Å²) in [6.45, 7) is 0.841. The van der Waals surface area contributed by atoms with Gasteiger partial charge in [0.15, 0.2) is 0 Å². The summed E-state index contributed by atoms with van der Waals surface area (Å²) in [6, 6.07) is 7.87. The molecule has 0 amide bonds. The number of nitrogens with zero attached hydrogens (tertiary/aromatic N) is 1. The van der Waals surface area contributed by atoms with Gasteiger partial charge in [-0.3, -0.25) is 0 Å². The molecule has 1 aliphatic heterocycles. The van der Waals surface area contributed by atoms with Crippen molar-refractivity contribution in [2.45, 2.75) is 0 Å². The lowest BCUT2D eigenvalue weighted by Crippen LogP contribution is -1.89. The second-order valence-electron chi connectivity index (χ2n) is 2.46. The first-order chi connectivity index (χ1) is 5.42. The SMILES string of the molecule is N#Cc1cccc2c1[CH]CN2. The first-order valence-corrected chi connectivity index (χ1v) is 3.52. The Kier molecular flexibility index (Phi) is 1.29. The third-order valence-electron chi connectivity index (χ3n) is 1.83. The Labute approximate surface area is 65.5 Å². The Balaban J connectivity index is 2.61. The molecule has 0 atom stereocenters. The lowest BCUT2D eigenvalue weighted by Gasteiger charge is -1.98. The lowest BCUT2D eigenvalue weighted by molar-refractivity contribution is 1.34. The van der Waals surface area contributed by atoms with Crippen LogP contribution in [-0.2, 0) is 0 Å². The van der Waals surface area contributed by atoms with Gasteiger partial charge >= 0.3 is 0 Å². The molecule has 1 N–H and O–H groups in total. The standard InChI is InChI=1S/C9H7N2/c10-6-7-2-1-3-9-8(7)4-5-11-9/h1-4,11H,5H2. The van der Waals surface area contributed by atoms with Crippen LogP contribution in [0, 0.1) is 17.8 Å². The highest BCUT2D eigenvalue weighted by molar-refractivity contribution is 5.65. The maximum absolute atomic E-state index is 8.70. The molecule has 1 heterocycles. The van der Waals surface area contributed by atoms with Gasteiger partial charge in [-0.05, 0) is 17.7 Å². The predicted molar refractivity (Wildman–Crippen MR) is 43.0 cm³/mol. The lowest BCUT2D eigenvalue weighted by atomic mass is 10.1. The first kappa shape index (κ1) is 6.23. The van der Waals surface area contributed by atoms with Crippen molar-refractivity contribution in [3.05, 3.63) is 35.7 Å². The molecule has 2 nitrogen and oxygen atoms in total. The fourth-order valence-electron chi connectivity index (χ4n) is 1.30. The predicted octanol–water partition coefficient (Wildman–Crippen LogP) is 1.54. The summed E-state index contributed by atoms with van der Waals surface area (Å²) in [4.78, 5) is 0. The highest BCUT2D eigenvalue weighted by atomic mass is 14.9. The van der Waals surface area contributed by atoms with Crippen molar-refractivity contribution in [2.75, 3.05) is 11.9 Å². The highest BCUT2D eigenvalue weighted by Crippen LogP contribution is 2.25. The number of benzene rings is 1. The molecule has 0 saturated carbocycles. The quantitative estimate of drug-likeness (QED) is 0.598. The monoisotopic (exact) mass is 143 g/mol. The number of nitrogens with one attached hydrogen (secondary N) is 1. The van der Waals surface area contributed by atoms with Crippen molar-refractivity contribution in [1.82, 2.24) is 0 Å². The largest absolute Gasteiger partial charge is 0.384 e. The summed E-state index contributed by atoms with van der Waals surface area (Å²) >= 11 is 0. The molecule has 53 valence electrons. The second-order valence-corrected chi connectivity index (χ2v) is 2.46. The van der Waals surface area contributed by atoms with E-state index in [1.807, 2.05) is 24.6 Å². The molecule has 0 aliphatic carbocycles. The number of nitriles is 1. The van der Waals surface area contributed by atoms with Crippen LogP contribution in [0.1, 0.15) is 11.1 Å². The van der Waals surface area contributed by atoms with Gasteiger partial charge in [-0.2, -0.15) is 5.26 Å². The van der Waals surface area contributed by atoms with Gasteiger partial charge in [-0.25, -0.2) is 0 Å². The van der Waals surface area contributed by atoms with Crippen LogP contribution < -0.4 is 5.32 Å². The van der Waals surface area contributed by atoms with Gasteiger partial charge in [-0.1, -0.05) is 6.07 Å². The first-order valence-electron chi connectivity index (χ1n) is 3.52. The van der Waals surface area contributed by atoms with Gasteiger partial charge in [0.1, 0.15) is 0 Å². The summed E-state index contributed by atoms with van der Waals surface area (Å²) in [5.74, 6) is 0. The van der Waals surface area contributed by atoms with E-state index in [1.54, 1.807) is 0 Å². The van der Waals surface area contributed by atoms with Crippen molar-refractivity contribution >= 4 is 5.69 Å². The van der Waals surface area contributed by atoms with Gasteiger partial charge < -0.3 is 5.32 Å². The topological polar surface area (TPSA) is 35.8 Å². The van der Waals surface area contributed by atoms with Crippen molar-refractivity contribution in [1.29, 1.82) is 5.26 Å². The zero-order chi connectivity index (χ0) is 7.68. The average Bonchev–Trinajstić information content (AvgIpc) is 2.50.